The van der Waals surface area contributed by atoms with E-state index in [1.54, 1.807) is 24.5 Å². The molecule has 0 unspecified atom stereocenters. The average Bonchev–Trinajstić information content (AvgIpc) is 2.82. The van der Waals surface area contributed by atoms with Gasteiger partial charge in [-0.2, -0.15) is 0 Å². The first kappa shape index (κ1) is 12.9. The van der Waals surface area contributed by atoms with Gasteiger partial charge in [0.25, 0.3) is 5.91 Å². The predicted octanol–water partition coefficient (Wildman–Crippen LogP) is 0.392. The molecule has 0 bridgehead atoms. The molecule has 19 heavy (non-hydrogen) atoms. The number of nitrogens with zero attached hydrogens (tertiary/aromatic N) is 3. The van der Waals surface area contributed by atoms with Crippen molar-refractivity contribution in [3.05, 3.63) is 35.9 Å². The predicted molar refractivity (Wildman–Crippen MR) is 72.1 cm³/mol. The molecule has 5 N–H and O–H groups in total. The number of aryl methyl sites for hydroxylation is 1. The van der Waals surface area contributed by atoms with Gasteiger partial charge in [0.2, 0.25) is 0 Å². The molecule has 2 rings (SSSR count). The number of carbonyl (C=O) groups excluding carboxylic acids is 1. The number of hydrogen-bond donors (Lipinski definition) is 3. The van der Waals surface area contributed by atoms with Gasteiger partial charge >= 0.3 is 0 Å². The minimum Gasteiger partial charge on any atom is -0.399 e. The second-order valence-corrected chi connectivity index (χ2v) is 4.10. The molecule has 1 heterocycles. The summed E-state index contributed by atoms with van der Waals surface area (Å²) in [6.07, 6.45) is 1.62. The van der Waals surface area contributed by atoms with Crippen LogP contribution in [0.5, 0.6) is 0 Å². The smallest absolute Gasteiger partial charge is 0.251 e. The van der Waals surface area contributed by atoms with E-state index in [0.717, 1.165) is 6.54 Å². The highest BCUT2D eigenvalue weighted by atomic mass is 16.1. The Morgan fingerprint density at radius 2 is 2.00 bits per heavy atom. The molecular weight excluding hydrogens is 244 g/mol. The summed E-state index contributed by atoms with van der Waals surface area (Å²) >= 11 is 0. The monoisotopic (exact) mass is 260 g/mol. The van der Waals surface area contributed by atoms with E-state index in [4.69, 9.17) is 11.5 Å². The van der Waals surface area contributed by atoms with E-state index >= 15 is 0 Å². The number of nitrogens with two attached hydrogens (primary N) is 2. The fourth-order valence-corrected chi connectivity index (χ4v) is 1.75. The lowest BCUT2D eigenvalue weighted by atomic mass is 10.1. The SMILES string of the molecule is CCn1cnnc1CNC(=O)c1cc(N)cc(N)c1. The third-order valence-corrected chi connectivity index (χ3v) is 2.68. The fourth-order valence-electron chi connectivity index (χ4n) is 1.75. The van der Waals surface area contributed by atoms with Gasteiger partial charge in [-0.15, -0.1) is 10.2 Å². The Morgan fingerprint density at radius 1 is 1.32 bits per heavy atom. The average molecular weight is 260 g/mol. The third-order valence-electron chi connectivity index (χ3n) is 2.68. The second-order valence-electron chi connectivity index (χ2n) is 4.10. The van der Waals surface area contributed by atoms with Gasteiger partial charge in [0.15, 0.2) is 5.82 Å². The summed E-state index contributed by atoms with van der Waals surface area (Å²) in [7, 11) is 0. The topological polar surface area (TPSA) is 112 Å². The van der Waals surface area contributed by atoms with Crippen molar-refractivity contribution >= 4 is 17.3 Å². The Bertz CT molecular complexity index is 571. The largest absolute Gasteiger partial charge is 0.399 e. The summed E-state index contributed by atoms with van der Waals surface area (Å²) in [5.74, 6) is 0.456. The lowest BCUT2D eigenvalue weighted by Crippen LogP contribution is -2.24. The van der Waals surface area contributed by atoms with Crippen molar-refractivity contribution in [1.29, 1.82) is 0 Å². The first-order valence-corrected chi connectivity index (χ1v) is 5.91. The quantitative estimate of drug-likeness (QED) is 0.688. The van der Waals surface area contributed by atoms with E-state index in [2.05, 4.69) is 15.5 Å². The second kappa shape index (κ2) is 5.38. The highest BCUT2D eigenvalue weighted by molar-refractivity contribution is 5.96. The molecule has 100 valence electrons. The van der Waals surface area contributed by atoms with Crippen LogP contribution >= 0.6 is 0 Å². The van der Waals surface area contributed by atoms with Gasteiger partial charge in [-0.3, -0.25) is 4.79 Å². The van der Waals surface area contributed by atoms with Crippen LogP contribution in [0.3, 0.4) is 0 Å². The minimum absolute atomic E-state index is 0.246. The van der Waals surface area contributed by atoms with E-state index in [1.807, 2.05) is 11.5 Å². The number of benzene rings is 1. The number of aromatic nitrogens is 3. The van der Waals surface area contributed by atoms with Crippen LogP contribution in [0.2, 0.25) is 0 Å². The van der Waals surface area contributed by atoms with Gasteiger partial charge in [-0.05, 0) is 25.1 Å². The highest BCUT2D eigenvalue weighted by Gasteiger charge is 2.09. The van der Waals surface area contributed by atoms with Crippen molar-refractivity contribution in [2.75, 3.05) is 11.5 Å². The fraction of sp³-hybridized carbons (Fsp3) is 0.250. The lowest BCUT2D eigenvalue weighted by molar-refractivity contribution is 0.0949. The molecule has 0 aliphatic rings. The number of anilines is 2. The Balaban J connectivity index is 2.05. The molecule has 0 saturated heterocycles. The molecule has 0 spiro atoms. The summed E-state index contributed by atoms with van der Waals surface area (Å²) < 4.78 is 1.86. The molecule has 1 aromatic heterocycles. The first-order valence-electron chi connectivity index (χ1n) is 5.91. The van der Waals surface area contributed by atoms with Crippen LogP contribution in [0.1, 0.15) is 23.1 Å². The Morgan fingerprint density at radius 3 is 2.63 bits per heavy atom. The molecule has 2 aromatic rings. The van der Waals surface area contributed by atoms with Gasteiger partial charge in [0, 0.05) is 23.5 Å². The van der Waals surface area contributed by atoms with Crippen LogP contribution in [-0.4, -0.2) is 20.7 Å². The van der Waals surface area contributed by atoms with Crippen LogP contribution in [0.25, 0.3) is 0 Å². The molecule has 0 saturated carbocycles. The van der Waals surface area contributed by atoms with Crippen molar-refractivity contribution in [1.82, 2.24) is 20.1 Å². The lowest BCUT2D eigenvalue weighted by Gasteiger charge is -2.07. The van der Waals surface area contributed by atoms with E-state index in [-0.39, 0.29) is 5.91 Å². The molecule has 7 nitrogen and oxygen atoms in total. The third kappa shape index (κ3) is 3.01. The summed E-state index contributed by atoms with van der Waals surface area (Å²) in [5.41, 5.74) is 12.6. The number of amides is 1. The summed E-state index contributed by atoms with van der Waals surface area (Å²) in [6.45, 7) is 3.04. The van der Waals surface area contributed by atoms with E-state index in [1.165, 1.54) is 0 Å². The van der Waals surface area contributed by atoms with Crippen LogP contribution < -0.4 is 16.8 Å². The zero-order valence-electron chi connectivity index (χ0n) is 10.6. The van der Waals surface area contributed by atoms with Crippen LogP contribution in [-0.2, 0) is 13.1 Å². The van der Waals surface area contributed by atoms with Gasteiger partial charge in [0.05, 0.1) is 6.54 Å². The Hall–Kier alpha value is -2.57. The van der Waals surface area contributed by atoms with Crippen molar-refractivity contribution in [3.63, 3.8) is 0 Å². The van der Waals surface area contributed by atoms with E-state index in [0.29, 0.717) is 29.3 Å². The molecule has 0 atom stereocenters. The maximum atomic E-state index is 12.0. The number of nitrogens with one attached hydrogen (secondary N) is 1. The van der Waals surface area contributed by atoms with Crippen LogP contribution in [0.15, 0.2) is 24.5 Å². The Kier molecular flexibility index (Phi) is 3.65. The summed E-state index contributed by atoms with van der Waals surface area (Å²) in [4.78, 5) is 12.0. The van der Waals surface area contributed by atoms with Gasteiger partial charge < -0.3 is 21.4 Å². The van der Waals surface area contributed by atoms with Crippen molar-refractivity contribution in [2.45, 2.75) is 20.0 Å². The highest BCUT2D eigenvalue weighted by Crippen LogP contribution is 2.13. The van der Waals surface area contributed by atoms with Crippen molar-refractivity contribution in [2.24, 2.45) is 0 Å². The van der Waals surface area contributed by atoms with Gasteiger partial charge in [-0.1, -0.05) is 0 Å². The number of nitrogen functional groups attached to an aromatic ring is 2. The number of carbonyl (C=O) groups is 1. The molecule has 1 amide bonds. The van der Waals surface area contributed by atoms with E-state index in [9.17, 15) is 4.79 Å². The van der Waals surface area contributed by atoms with Crippen LogP contribution in [0.4, 0.5) is 11.4 Å². The zero-order chi connectivity index (χ0) is 13.8. The van der Waals surface area contributed by atoms with Gasteiger partial charge in [-0.25, -0.2) is 0 Å². The van der Waals surface area contributed by atoms with E-state index < -0.39 is 0 Å². The maximum absolute atomic E-state index is 12.0. The standard InChI is InChI=1S/C12H16N6O/c1-2-18-7-16-17-11(18)6-15-12(19)8-3-9(13)5-10(14)4-8/h3-5,7H,2,6,13-14H2,1H3,(H,15,19). The number of rotatable bonds is 4. The maximum Gasteiger partial charge on any atom is 0.251 e. The van der Waals surface area contributed by atoms with Gasteiger partial charge in [0.1, 0.15) is 6.33 Å². The Labute approximate surface area is 110 Å². The molecule has 1 aromatic carbocycles. The van der Waals surface area contributed by atoms with Crippen molar-refractivity contribution in [3.8, 4) is 0 Å². The number of hydrogen-bond acceptors (Lipinski definition) is 5. The van der Waals surface area contributed by atoms with Crippen LogP contribution in [0, 0.1) is 0 Å². The normalized spacial score (nSPS) is 10.4. The molecule has 0 aliphatic heterocycles. The first-order chi connectivity index (χ1) is 9.10. The molecule has 7 heteroatoms. The van der Waals surface area contributed by atoms with Crippen molar-refractivity contribution < 1.29 is 4.79 Å². The molecular formula is C12H16N6O. The summed E-state index contributed by atoms with van der Waals surface area (Å²) in [5, 5.41) is 10.5. The molecule has 0 fully saturated rings. The minimum atomic E-state index is -0.246. The molecule has 0 aliphatic carbocycles. The summed E-state index contributed by atoms with van der Waals surface area (Å²) in [6, 6.07) is 4.76. The zero-order valence-corrected chi connectivity index (χ0v) is 10.6. The molecule has 0 radical (unpaired) electrons.